The standard InChI is InChI=1S/C20H24ClN3O3/c1-26-18-13-17(19(27-2)12-16(18)21)22-20(25)14-23-8-10-24(11-9-23)15-6-4-3-5-7-15/h3-7,12-13H,8-11,14H2,1-2H3,(H,22,25)/p+1. The Bertz CT molecular complexity index is 778. The van der Waals surface area contributed by atoms with Crippen molar-refractivity contribution in [2.75, 3.05) is 57.2 Å². The van der Waals surface area contributed by atoms with Crippen LogP contribution in [-0.2, 0) is 4.79 Å². The van der Waals surface area contributed by atoms with Gasteiger partial charge in [-0.2, -0.15) is 0 Å². The molecule has 2 aromatic carbocycles. The molecule has 3 rings (SSSR count). The van der Waals surface area contributed by atoms with Gasteiger partial charge < -0.3 is 24.6 Å². The van der Waals surface area contributed by atoms with Crippen LogP contribution in [0.15, 0.2) is 42.5 Å². The van der Waals surface area contributed by atoms with Crippen LogP contribution in [0.1, 0.15) is 0 Å². The molecule has 1 saturated heterocycles. The first-order valence-electron chi connectivity index (χ1n) is 8.95. The van der Waals surface area contributed by atoms with Crippen molar-refractivity contribution in [2.24, 2.45) is 0 Å². The summed E-state index contributed by atoms with van der Waals surface area (Å²) >= 11 is 6.11. The second-order valence-corrected chi connectivity index (χ2v) is 6.89. The van der Waals surface area contributed by atoms with Crippen molar-refractivity contribution in [1.82, 2.24) is 0 Å². The highest BCUT2D eigenvalue weighted by molar-refractivity contribution is 6.32. The number of rotatable bonds is 6. The molecule has 1 fully saturated rings. The summed E-state index contributed by atoms with van der Waals surface area (Å²) in [6, 6.07) is 13.7. The van der Waals surface area contributed by atoms with E-state index < -0.39 is 0 Å². The summed E-state index contributed by atoms with van der Waals surface area (Å²) in [5.41, 5.74) is 1.80. The molecule has 0 atom stereocenters. The molecule has 7 heteroatoms. The first-order chi connectivity index (χ1) is 13.1. The van der Waals surface area contributed by atoms with Gasteiger partial charge in [-0.1, -0.05) is 29.8 Å². The van der Waals surface area contributed by atoms with E-state index >= 15 is 0 Å². The van der Waals surface area contributed by atoms with Gasteiger partial charge in [0.15, 0.2) is 6.54 Å². The monoisotopic (exact) mass is 390 g/mol. The molecular weight excluding hydrogens is 366 g/mol. The fourth-order valence-corrected chi connectivity index (χ4v) is 3.51. The molecular formula is C20H25ClN3O3+. The molecule has 6 nitrogen and oxygen atoms in total. The average Bonchev–Trinajstić information content (AvgIpc) is 2.70. The van der Waals surface area contributed by atoms with E-state index in [1.54, 1.807) is 19.2 Å². The summed E-state index contributed by atoms with van der Waals surface area (Å²) in [7, 11) is 3.08. The van der Waals surface area contributed by atoms with Crippen LogP contribution < -0.4 is 24.6 Å². The number of halogens is 1. The van der Waals surface area contributed by atoms with Gasteiger partial charge in [0.1, 0.15) is 11.5 Å². The molecule has 0 bridgehead atoms. The van der Waals surface area contributed by atoms with E-state index in [0.29, 0.717) is 28.8 Å². The zero-order valence-electron chi connectivity index (χ0n) is 15.6. The fourth-order valence-electron chi connectivity index (χ4n) is 3.28. The minimum absolute atomic E-state index is 0.0548. The summed E-state index contributed by atoms with van der Waals surface area (Å²) < 4.78 is 10.5. The highest BCUT2D eigenvalue weighted by atomic mass is 35.5. The summed E-state index contributed by atoms with van der Waals surface area (Å²) in [6.45, 7) is 4.12. The Morgan fingerprint density at radius 3 is 2.41 bits per heavy atom. The first kappa shape index (κ1) is 19.3. The largest absolute Gasteiger partial charge is 0.495 e. The van der Waals surface area contributed by atoms with E-state index in [1.807, 2.05) is 6.07 Å². The first-order valence-corrected chi connectivity index (χ1v) is 9.33. The minimum Gasteiger partial charge on any atom is -0.495 e. The van der Waals surface area contributed by atoms with Crippen LogP contribution in [0, 0.1) is 0 Å². The van der Waals surface area contributed by atoms with Gasteiger partial charge in [-0.3, -0.25) is 4.79 Å². The summed E-state index contributed by atoms with van der Waals surface area (Å²) in [5.74, 6) is 0.954. The van der Waals surface area contributed by atoms with Crippen LogP contribution >= 0.6 is 11.6 Å². The Balaban J connectivity index is 1.56. The predicted molar refractivity (Wildman–Crippen MR) is 107 cm³/mol. The number of nitrogens with zero attached hydrogens (tertiary/aromatic N) is 1. The summed E-state index contributed by atoms with van der Waals surface area (Å²) in [6.07, 6.45) is 0. The number of quaternary nitrogens is 1. The molecule has 144 valence electrons. The number of para-hydroxylation sites is 1. The third kappa shape index (κ3) is 4.84. The molecule has 1 heterocycles. The van der Waals surface area contributed by atoms with Crippen molar-refractivity contribution in [3.05, 3.63) is 47.5 Å². The van der Waals surface area contributed by atoms with Crippen molar-refractivity contribution < 1.29 is 19.2 Å². The van der Waals surface area contributed by atoms with Crippen molar-refractivity contribution >= 4 is 28.9 Å². The highest BCUT2D eigenvalue weighted by Gasteiger charge is 2.23. The molecule has 0 aliphatic carbocycles. The lowest BCUT2D eigenvalue weighted by atomic mass is 10.2. The Morgan fingerprint density at radius 1 is 1.11 bits per heavy atom. The Labute approximate surface area is 164 Å². The van der Waals surface area contributed by atoms with E-state index in [9.17, 15) is 4.79 Å². The SMILES string of the molecule is COc1cc(NC(=O)C[NH+]2CCN(c3ccccc3)CC2)c(OC)cc1Cl. The number of benzene rings is 2. The van der Waals surface area contributed by atoms with Gasteiger partial charge in [-0.05, 0) is 12.1 Å². The maximum Gasteiger partial charge on any atom is 0.279 e. The van der Waals surface area contributed by atoms with Gasteiger partial charge in [0.05, 0.1) is 51.1 Å². The van der Waals surface area contributed by atoms with Crippen LogP contribution in [0.5, 0.6) is 11.5 Å². The van der Waals surface area contributed by atoms with Gasteiger partial charge in [-0.25, -0.2) is 0 Å². The van der Waals surface area contributed by atoms with Crippen LogP contribution in [0.3, 0.4) is 0 Å². The number of hydrogen-bond donors (Lipinski definition) is 2. The van der Waals surface area contributed by atoms with Crippen molar-refractivity contribution in [1.29, 1.82) is 0 Å². The lowest BCUT2D eigenvalue weighted by Crippen LogP contribution is -3.15. The summed E-state index contributed by atoms with van der Waals surface area (Å²) in [4.78, 5) is 16.1. The number of methoxy groups -OCH3 is 2. The normalized spacial score (nSPS) is 14.7. The van der Waals surface area contributed by atoms with E-state index in [2.05, 4.69) is 34.5 Å². The third-order valence-corrected chi connectivity index (χ3v) is 5.05. The molecule has 1 amide bonds. The number of ether oxygens (including phenoxy) is 2. The average molecular weight is 391 g/mol. The number of piperazine rings is 1. The number of carbonyl (C=O) groups is 1. The molecule has 2 aromatic rings. The second kappa shape index (κ2) is 8.97. The van der Waals surface area contributed by atoms with Crippen LogP contribution in [0.4, 0.5) is 11.4 Å². The highest BCUT2D eigenvalue weighted by Crippen LogP contribution is 2.35. The molecule has 0 spiro atoms. The number of hydrogen-bond acceptors (Lipinski definition) is 4. The number of anilines is 2. The smallest absolute Gasteiger partial charge is 0.279 e. The Hall–Kier alpha value is -2.44. The van der Waals surface area contributed by atoms with Gasteiger partial charge in [0.2, 0.25) is 0 Å². The second-order valence-electron chi connectivity index (χ2n) is 6.48. The van der Waals surface area contributed by atoms with Gasteiger partial charge >= 0.3 is 0 Å². The third-order valence-electron chi connectivity index (χ3n) is 4.75. The molecule has 27 heavy (non-hydrogen) atoms. The van der Waals surface area contributed by atoms with E-state index in [0.717, 1.165) is 26.2 Å². The van der Waals surface area contributed by atoms with Crippen molar-refractivity contribution in [3.8, 4) is 11.5 Å². The van der Waals surface area contributed by atoms with E-state index in [1.165, 1.54) is 17.7 Å². The molecule has 0 aromatic heterocycles. The summed E-state index contributed by atoms with van der Waals surface area (Å²) in [5, 5.41) is 3.36. The maximum absolute atomic E-state index is 12.5. The molecule has 1 aliphatic rings. The van der Waals surface area contributed by atoms with Crippen molar-refractivity contribution in [3.63, 3.8) is 0 Å². The van der Waals surface area contributed by atoms with Gasteiger partial charge in [-0.15, -0.1) is 0 Å². The van der Waals surface area contributed by atoms with E-state index in [4.69, 9.17) is 21.1 Å². The zero-order valence-corrected chi connectivity index (χ0v) is 16.4. The number of carbonyl (C=O) groups excluding carboxylic acids is 1. The van der Waals surface area contributed by atoms with Crippen LogP contribution in [0.25, 0.3) is 0 Å². The Morgan fingerprint density at radius 2 is 1.78 bits per heavy atom. The lowest BCUT2D eigenvalue weighted by molar-refractivity contribution is -0.892. The molecule has 0 radical (unpaired) electrons. The lowest BCUT2D eigenvalue weighted by Gasteiger charge is -2.33. The van der Waals surface area contributed by atoms with E-state index in [-0.39, 0.29) is 5.91 Å². The van der Waals surface area contributed by atoms with Crippen LogP contribution in [-0.4, -0.2) is 52.9 Å². The zero-order chi connectivity index (χ0) is 19.2. The molecule has 2 N–H and O–H groups in total. The number of amides is 1. The molecule has 1 aliphatic heterocycles. The molecule has 0 saturated carbocycles. The Kier molecular flexibility index (Phi) is 6.42. The van der Waals surface area contributed by atoms with Gasteiger partial charge in [0.25, 0.3) is 5.91 Å². The predicted octanol–water partition coefficient (Wildman–Crippen LogP) is 1.70. The topological polar surface area (TPSA) is 55.2 Å². The van der Waals surface area contributed by atoms with Crippen LogP contribution in [0.2, 0.25) is 5.02 Å². The fraction of sp³-hybridized carbons (Fsp3) is 0.350. The van der Waals surface area contributed by atoms with Gasteiger partial charge in [0, 0.05) is 17.8 Å². The quantitative estimate of drug-likeness (QED) is 0.788. The molecule has 0 unspecified atom stereocenters. The van der Waals surface area contributed by atoms with Crippen molar-refractivity contribution in [2.45, 2.75) is 0 Å². The maximum atomic E-state index is 12.5. The number of nitrogens with one attached hydrogen (secondary N) is 2. The minimum atomic E-state index is -0.0548.